The molecule has 1 heterocycles. The maximum Gasteiger partial charge on any atom is 0.246 e. The molecule has 1 aromatic heterocycles. The standard InChI is InChI=1S/C11H11BrClN5O/c12-11-8(13)2-1-3-9(11)15-10(19)6-18-5-7(4-14)16-17-18/h1-3,5H,4,6,14H2,(H,15,19). The van der Waals surface area contributed by atoms with E-state index in [1.165, 1.54) is 4.68 Å². The molecular formula is C11H11BrClN5O. The Kier molecular flexibility index (Phi) is 4.52. The van der Waals surface area contributed by atoms with Crippen LogP contribution in [0.2, 0.25) is 5.02 Å². The molecule has 0 atom stereocenters. The first-order chi connectivity index (χ1) is 9.10. The van der Waals surface area contributed by atoms with E-state index in [4.69, 9.17) is 17.3 Å². The number of amides is 1. The molecule has 0 saturated heterocycles. The number of carbonyl (C=O) groups is 1. The summed E-state index contributed by atoms with van der Waals surface area (Å²) in [5.41, 5.74) is 6.66. The van der Waals surface area contributed by atoms with E-state index in [-0.39, 0.29) is 12.5 Å². The molecule has 0 spiro atoms. The van der Waals surface area contributed by atoms with Crippen LogP contribution < -0.4 is 11.1 Å². The van der Waals surface area contributed by atoms with Gasteiger partial charge in [0.2, 0.25) is 5.91 Å². The van der Waals surface area contributed by atoms with Gasteiger partial charge in [-0.15, -0.1) is 5.10 Å². The third-order valence-electron chi connectivity index (χ3n) is 2.33. The van der Waals surface area contributed by atoms with E-state index in [9.17, 15) is 4.79 Å². The van der Waals surface area contributed by atoms with E-state index in [0.29, 0.717) is 27.4 Å². The van der Waals surface area contributed by atoms with Crippen LogP contribution in [-0.2, 0) is 17.9 Å². The Balaban J connectivity index is 2.03. The maximum atomic E-state index is 11.8. The van der Waals surface area contributed by atoms with E-state index >= 15 is 0 Å². The molecule has 0 saturated carbocycles. The topological polar surface area (TPSA) is 85.8 Å². The molecule has 1 aromatic carbocycles. The van der Waals surface area contributed by atoms with Crippen molar-refractivity contribution in [3.8, 4) is 0 Å². The molecule has 19 heavy (non-hydrogen) atoms. The first-order valence-electron chi connectivity index (χ1n) is 5.43. The molecule has 1 amide bonds. The lowest BCUT2D eigenvalue weighted by Gasteiger charge is -2.08. The number of nitrogens with one attached hydrogen (secondary N) is 1. The van der Waals surface area contributed by atoms with Crippen LogP contribution in [0.3, 0.4) is 0 Å². The number of rotatable bonds is 4. The van der Waals surface area contributed by atoms with Gasteiger partial charge >= 0.3 is 0 Å². The first-order valence-corrected chi connectivity index (χ1v) is 6.60. The van der Waals surface area contributed by atoms with Gasteiger partial charge < -0.3 is 11.1 Å². The normalized spacial score (nSPS) is 10.5. The molecule has 6 nitrogen and oxygen atoms in total. The average Bonchev–Trinajstić information content (AvgIpc) is 2.82. The summed E-state index contributed by atoms with van der Waals surface area (Å²) in [5, 5.41) is 10.9. The summed E-state index contributed by atoms with van der Waals surface area (Å²) in [6.07, 6.45) is 1.63. The van der Waals surface area contributed by atoms with Crippen molar-refractivity contribution >= 4 is 39.1 Å². The Morgan fingerprint density at radius 3 is 3.00 bits per heavy atom. The Bertz CT molecular complexity index is 601. The largest absolute Gasteiger partial charge is 0.325 e. The minimum Gasteiger partial charge on any atom is -0.325 e. The zero-order chi connectivity index (χ0) is 13.8. The lowest BCUT2D eigenvalue weighted by atomic mass is 10.3. The monoisotopic (exact) mass is 343 g/mol. The summed E-state index contributed by atoms with van der Waals surface area (Å²) in [4.78, 5) is 11.8. The fourth-order valence-corrected chi connectivity index (χ4v) is 1.98. The second-order valence-corrected chi connectivity index (χ2v) is 4.96. The SMILES string of the molecule is NCc1cn(CC(=O)Nc2cccc(Cl)c2Br)nn1. The molecule has 0 bridgehead atoms. The van der Waals surface area contributed by atoms with Crippen LogP contribution in [0.4, 0.5) is 5.69 Å². The zero-order valence-electron chi connectivity index (χ0n) is 9.81. The van der Waals surface area contributed by atoms with E-state index in [1.54, 1.807) is 24.4 Å². The Morgan fingerprint density at radius 2 is 2.32 bits per heavy atom. The molecule has 2 aromatic rings. The molecule has 3 N–H and O–H groups in total. The van der Waals surface area contributed by atoms with Crippen molar-refractivity contribution in [3.63, 3.8) is 0 Å². The van der Waals surface area contributed by atoms with Gasteiger partial charge in [-0.1, -0.05) is 22.9 Å². The zero-order valence-corrected chi connectivity index (χ0v) is 12.1. The molecule has 0 aliphatic heterocycles. The van der Waals surface area contributed by atoms with E-state index in [2.05, 4.69) is 31.6 Å². The van der Waals surface area contributed by atoms with Gasteiger partial charge in [-0.2, -0.15) is 0 Å². The van der Waals surface area contributed by atoms with Crippen molar-refractivity contribution in [1.29, 1.82) is 0 Å². The highest BCUT2D eigenvalue weighted by Crippen LogP contribution is 2.29. The number of hydrogen-bond acceptors (Lipinski definition) is 4. The van der Waals surface area contributed by atoms with E-state index in [1.807, 2.05) is 0 Å². The van der Waals surface area contributed by atoms with Gasteiger partial charge in [0.05, 0.1) is 27.1 Å². The molecule has 2 rings (SSSR count). The highest BCUT2D eigenvalue weighted by Gasteiger charge is 2.09. The van der Waals surface area contributed by atoms with Gasteiger partial charge in [-0.05, 0) is 28.1 Å². The van der Waals surface area contributed by atoms with Crippen LogP contribution in [0.15, 0.2) is 28.9 Å². The molecule has 0 fully saturated rings. The Morgan fingerprint density at radius 1 is 1.53 bits per heavy atom. The molecular weight excluding hydrogens is 334 g/mol. The van der Waals surface area contributed by atoms with Crippen LogP contribution >= 0.6 is 27.5 Å². The predicted octanol–water partition coefficient (Wildman–Crippen LogP) is 1.79. The number of aromatic nitrogens is 3. The van der Waals surface area contributed by atoms with Crippen molar-refractivity contribution in [2.75, 3.05) is 5.32 Å². The number of anilines is 1. The lowest BCUT2D eigenvalue weighted by Crippen LogP contribution is -2.19. The number of nitrogens with zero attached hydrogens (tertiary/aromatic N) is 3. The summed E-state index contributed by atoms with van der Waals surface area (Å²) >= 11 is 9.25. The predicted molar refractivity (Wildman–Crippen MR) is 75.7 cm³/mol. The summed E-state index contributed by atoms with van der Waals surface area (Å²) in [5.74, 6) is -0.226. The van der Waals surface area contributed by atoms with Crippen LogP contribution in [-0.4, -0.2) is 20.9 Å². The van der Waals surface area contributed by atoms with E-state index < -0.39 is 0 Å². The van der Waals surface area contributed by atoms with Gasteiger partial charge in [-0.3, -0.25) is 4.79 Å². The number of nitrogens with two attached hydrogens (primary N) is 1. The minimum absolute atomic E-state index is 0.0615. The third kappa shape index (κ3) is 3.52. The van der Waals surface area contributed by atoms with Crippen LogP contribution in [0, 0.1) is 0 Å². The first kappa shape index (κ1) is 14.0. The third-order valence-corrected chi connectivity index (χ3v) is 3.72. The maximum absolute atomic E-state index is 11.8. The molecule has 0 aliphatic rings. The smallest absolute Gasteiger partial charge is 0.246 e. The Labute approximate surface area is 123 Å². The fourth-order valence-electron chi connectivity index (χ4n) is 1.45. The molecule has 0 aliphatic carbocycles. The van der Waals surface area contributed by atoms with Crippen molar-refractivity contribution in [2.24, 2.45) is 5.73 Å². The van der Waals surface area contributed by atoms with Gasteiger partial charge in [0.1, 0.15) is 6.54 Å². The number of carbonyl (C=O) groups excluding carboxylic acids is 1. The second kappa shape index (κ2) is 6.14. The summed E-state index contributed by atoms with van der Waals surface area (Å²) in [7, 11) is 0. The summed E-state index contributed by atoms with van der Waals surface area (Å²) < 4.78 is 2.07. The quantitative estimate of drug-likeness (QED) is 0.885. The van der Waals surface area contributed by atoms with Crippen molar-refractivity contribution < 1.29 is 4.79 Å². The minimum atomic E-state index is -0.226. The van der Waals surface area contributed by atoms with Crippen LogP contribution in [0.1, 0.15) is 5.69 Å². The van der Waals surface area contributed by atoms with Gasteiger partial charge in [0.15, 0.2) is 0 Å². The summed E-state index contributed by atoms with van der Waals surface area (Å²) in [6.45, 7) is 0.355. The molecule has 100 valence electrons. The second-order valence-electron chi connectivity index (χ2n) is 3.76. The van der Waals surface area contributed by atoms with Crippen LogP contribution in [0.5, 0.6) is 0 Å². The van der Waals surface area contributed by atoms with Crippen molar-refractivity contribution in [1.82, 2.24) is 15.0 Å². The van der Waals surface area contributed by atoms with E-state index in [0.717, 1.165) is 0 Å². The number of hydrogen-bond donors (Lipinski definition) is 2. The van der Waals surface area contributed by atoms with Gasteiger partial charge in [-0.25, -0.2) is 4.68 Å². The highest BCUT2D eigenvalue weighted by molar-refractivity contribution is 9.10. The highest BCUT2D eigenvalue weighted by atomic mass is 79.9. The number of benzene rings is 1. The van der Waals surface area contributed by atoms with Crippen LogP contribution in [0.25, 0.3) is 0 Å². The van der Waals surface area contributed by atoms with Crippen molar-refractivity contribution in [2.45, 2.75) is 13.1 Å². The summed E-state index contributed by atoms with van der Waals surface area (Å²) in [6, 6.07) is 5.23. The number of halogens is 2. The van der Waals surface area contributed by atoms with Crippen molar-refractivity contribution in [3.05, 3.63) is 39.6 Å². The lowest BCUT2D eigenvalue weighted by molar-refractivity contribution is -0.116. The van der Waals surface area contributed by atoms with Gasteiger partial charge in [0, 0.05) is 6.54 Å². The van der Waals surface area contributed by atoms with Gasteiger partial charge in [0.25, 0.3) is 0 Å². The molecule has 0 radical (unpaired) electrons. The molecule has 0 unspecified atom stereocenters. The Hall–Kier alpha value is -1.44. The fraction of sp³-hybridized carbons (Fsp3) is 0.182. The average molecular weight is 345 g/mol. The molecule has 8 heteroatoms.